The van der Waals surface area contributed by atoms with Crippen LogP contribution in [-0.2, 0) is 22.6 Å². The summed E-state index contributed by atoms with van der Waals surface area (Å²) in [6, 6.07) is 31.4. The fraction of sp³-hybridized carbons (Fsp3) is 0.250. The van der Waals surface area contributed by atoms with Crippen molar-refractivity contribution in [2.24, 2.45) is 0 Å². The Hall–Kier alpha value is -4.12. The molecule has 3 N–H and O–H groups in total. The number of carbonyl (C=O) groups excluding carboxylic acids is 1. The van der Waals surface area contributed by atoms with Crippen LogP contribution in [0.4, 0.5) is 0 Å². The maximum absolute atomic E-state index is 12.9. The summed E-state index contributed by atoms with van der Waals surface area (Å²) in [6.45, 7) is 0.469. The lowest BCUT2D eigenvalue weighted by molar-refractivity contribution is -0.245. The quantitative estimate of drug-likeness (QED) is 0.154. The summed E-state index contributed by atoms with van der Waals surface area (Å²) in [4.78, 5) is 21.7. The largest absolute Gasteiger partial charge is 0.396 e. The average Bonchev–Trinajstić information content (AvgIpc) is 3.10. The summed E-state index contributed by atoms with van der Waals surface area (Å²) < 4.78 is 12.9. The number of ether oxygens (including phenoxy) is 2. The zero-order valence-electron chi connectivity index (χ0n) is 24.7. The number of hydrogen-bond acceptors (Lipinski definition) is 8. The van der Waals surface area contributed by atoms with Gasteiger partial charge in [-0.25, -0.2) is 4.98 Å². The lowest BCUT2D eigenvalue weighted by Crippen LogP contribution is -2.31. The molecular formula is C36H35N3O5S. The van der Waals surface area contributed by atoms with E-state index in [0.717, 1.165) is 44.7 Å². The standard InChI is InChI=1S/C36H35N3O5S/c40-17-18-45-23-29-19-34(26-11-9-24(22-41)10-12-26)44-36(43-29)27-15-13-25(14-16-27)30-6-2-1-5-28(30)20-38-35(42)33-21-37-31-7-3-4-8-32(31)39-33/h1-16,21,29,34,36,40-41H,17-20,22-23H2,(H,38,42). The van der Waals surface area contributed by atoms with Crippen LogP contribution in [0, 0.1) is 0 Å². The van der Waals surface area contributed by atoms with Crippen molar-refractivity contribution in [1.29, 1.82) is 0 Å². The fourth-order valence-electron chi connectivity index (χ4n) is 5.41. The van der Waals surface area contributed by atoms with E-state index in [1.807, 2.05) is 97.1 Å². The van der Waals surface area contributed by atoms with Crippen molar-refractivity contribution >= 4 is 28.7 Å². The molecular weight excluding hydrogens is 586 g/mol. The molecule has 0 spiro atoms. The Bertz CT molecular complexity index is 1730. The van der Waals surface area contributed by atoms with E-state index in [4.69, 9.17) is 9.47 Å². The number of nitrogens with one attached hydrogen (secondary N) is 1. The highest BCUT2D eigenvalue weighted by atomic mass is 32.2. The normalized spacial score (nSPS) is 18.1. The van der Waals surface area contributed by atoms with Crippen LogP contribution < -0.4 is 5.32 Å². The number of thioether (sulfide) groups is 1. The van der Waals surface area contributed by atoms with Gasteiger partial charge in [0.1, 0.15) is 5.69 Å². The third kappa shape index (κ3) is 7.58. The zero-order valence-corrected chi connectivity index (χ0v) is 25.5. The summed E-state index contributed by atoms with van der Waals surface area (Å²) in [5.41, 5.74) is 7.51. The highest BCUT2D eigenvalue weighted by Crippen LogP contribution is 2.39. The predicted octanol–water partition coefficient (Wildman–Crippen LogP) is 5.99. The first kappa shape index (κ1) is 30.9. The minimum absolute atomic E-state index is 0.00104. The fourth-order valence-corrected chi connectivity index (χ4v) is 6.18. The van der Waals surface area contributed by atoms with E-state index in [1.54, 1.807) is 11.8 Å². The SMILES string of the molecule is O=C(NCc1ccccc1-c1ccc(C2OC(CSCCO)CC(c3ccc(CO)cc3)O2)cc1)c1cnc2ccccc2n1. The van der Waals surface area contributed by atoms with Gasteiger partial charge in [0.2, 0.25) is 0 Å². The topological polar surface area (TPSA) is 114 Å². The minimum atomic E-state index is -0.548. The number of nitrogens with zero attached hydrogens (tertiary/aromatic N) is 2. The molecule has 1 fully saturated rings. The Balaban J connectivity index is 1.16. The van der Waals surface area contributed by atoms with Gasteiger partial charge in [-0.1, -0.05) is 84.9 Å². The second-order valence-electron chi connectivity index (χ2n) is 10.9. The predicted molar refractivity (Wildman–Crippen MR) is 175 cm³/mol. The van der Waals surface area contributed by atoms with E-state index in [9.17, 15) is 15.0 Å². The number of aliphatic hydroxyl groups excluding tert-OH is 2. The van der Waals surface area contributed by atoms with Gasteiger partial charge in [0.15, 0.2) is 6.29 Å². The van der Waals surface area contributed by atoms with Gasteiger partial charge in [-0.2, -0.15) is 11.8 Å². The summed E-state index contributed by atoms with van der Waals surface area (Å²) in [5, 5.41) is 21.7. The summed E-state index contributed by atoms with van der Waals surface area (Å²) >= 11 is 1.67. The van der Waals surface area contributed by atoms with Crippen LogP contribution in [-0.4, -0.2) is 50.3 Å². The van der Waals surface area contributed by atoms with Crippen molar-refractivity contribution in [1.82, 2.24) is 15.3 Å². The van der Waals surface area contributed by atoms with Gasteiger partial charge >= 0.3 is 0 Å². The van der Waals surface area contributed by atoms with Crippen molar-refractivity contribution in [2.75, 3.05) is 18.1 Å². The molecule has 1 saturated heterocycles. The number of aliphatic hydroxyl groups is 2. The lowest BCUT2D eigenvalue weighted by Gasteiger charge is -2.36. The lowest BCUT2D eigenvalue weighted by atomic mass is 9.97. The minimum Gasteiger partial charge on any atom is -0.396 e. The molecule has 0 aliphatic carbocycles. The molecule has 1 aromatic heterocycles. The Morgan fingerprint density at radius 1 is 0.867 bits per heavy atom. The van der Waals surface area contributed by atoms with E-state index in [-0.39, 0.29) is 37.0 Å². The Morgan fingerprint density at radius 2 is 1.60 bits per heavy atom. The smallest absolute Gasteiger partial charge is 0.271 e. The molecule has 45 heavy (non-hydrogen) atoms. The van der Waals surface area contributed by atoms with Crippen LogP contribution in [0.1, 0.15) is 51.6 Å². The maximum Gasteiger partial charge on any atom is 0.271 e. The van der Waals surface area contributed by atoms with E-state index < -0.39 is 6.29 Å². The molecule has 230 valence electrons. The second-order valence-corrected chi connectivity index (χ2v) is 12.0. The number of hydrogen-bond donors (Lipinski definition) is 3. The molecule has 4 aromatic carbocycles. The molecule has 2 heterocycles. The number of benzene rings is 4. The number of carbonyl (C=O) groups is 1. The molecule has 3 atom stereocenters. The molecule has 1 aliphatic rings. The van der Waals surface area contributed by atoms with Gasteiger partial charge in [-0.05, 0) is 39.9 Å². The molecule has 1 aliphatic heterocycles. The molecule has 0 saturated carbocycles. The van der Waals surface area contributed by atoms with Gasteiger partial charge < -0.3 is 25.0 Å². The van der Waals surface area contributed by atoms with Gasteiger partial charge in [0.25, 0.3) is 5.91 Å². The molecule has 3 unspecified atom stereocenters. The molecule has 1 amide bonds. The van der Waals surface area contributed by atoms with Gasteiger partial charge in [-0.15, -0.1) is 0 Å². The maximum atomic E-state index is 12.9. The van der Waals surface area contributed by atoms with Gasteiger partial charge in [0, 0.05) is 30.0 Å². The molecule has 8 nitrogen and oxygen atoms in total. The van der Waals surface area contributed by atoms with E-state index in [2.05, 4.69) is 15.3 Å². The highest BCUT2D eigenvalue weighted by Gasteiger charge is 2.32. The first-order valence-electron chi connectivity index (χ1n) is 15.0. The van der Waals surface area contributed by atoms with Gasteiger partial charge in [-0.3, -0.25) is 9.78 Å². The van der Waals surface area contributed by atoms with Crippen LogP contribution in [0.2, 0.25) is 0 Å². The van der Waals surface area contributed by atoms with Crippen LogP contribution >= 0.6 is 11.8 Å². The van der Waals surface area contributed by atoms with E-state index >= 15 is 0 Å². The Kier molecular flexibility index (Phi) is 10.1. The monoisotopic (exact) mass is 621 g/mol. The van der Waals surface area contributed by atoms with Crippen molar-refractivity contribution in [3.8, 4) is 11.1 Å². The zero-order chi connectivity index (χ0) is 31.0. The molecule has 5 aromatic rings. The van der Waals surface area contributed by atoms with Crippen LogP contribution in [0.25, 0.3) is 22.2 Å². The Labute approximate surface area is 266 Å². The number of para-hydroxylation sites is 2. The molecule has 0 bridgehead atoms. The Morgan fingerprint density at radius 3 is 2.38 bits per heavy atom. The van der Waals surface area contributed by atoms with Crippen molar-refractivity contribution in [2.45, 2.75) is 38.1 Å². The van der Waals surface area contributed by atoms with Crippen LogP contribution in [0.15, 0.2) is 103 Å². The molecule has 6 rings (SSSR count). The average molecular weight is 622 g/mol. The number of rotatable bonds is 11. The van der Waals surface area contributed by atoms with E-state index in [0.29, 0.717) is 24.2 Å². The van der Waals surface area contributed by atoms with Crippen molar-refractivity contribution in [3.63, 3.8) is 0 Å². The first-order valence-corrected chi connectivity index (χ1v) is 16.1. The van der Waals surface area contributed by atoms with Crippen LogP contribution in [0.3, 0.4) is 0 Å². The first-order chi connectivity index (χ1) is 22.1. The third-order valence-corrected chi connectivity index (χ3v) is 8.86. The van der Waals surface area contributed by atoms with Crippen molar-refractivity contribution < 1.29 is 24.5 Å². The molecule has 0 radical (unpaired) electrons. The number of amides is 1. The number of fused-ring (bicyclic) bond motifs is 1. The van der Waals surface area contributed by atoms with Crippen molar-refractivity contribution in [3.05, 3.63) is 131 Å². The summed E-state index contributed by atoms with van der Waals surface area (Å²) in [5.74, 6) is 1.14. The number of aromatic nitrogens is 2. The summed E-state index contributed by atoms with van der Waals surface area (Å²) in [7, 11) is 0. The van der Waals surface area contributed by atoms with Crippen LogP contribution in [0.5, 0.6) is 0 Å². The highest BCUT2D eigenvalue weighted by molar-refractivity contribution is 7.99. The van der Waals surface area contributed by atoms with E-state index in [1.165, 1.54) is 6.20 Å². The molecule has 9 heteroatoms. The summed E-state index contributed by atoms with van der Waals surface area (Å²) in [6.07, 6.45) is 1.46. The van der Waals surface area contributed by atoms with Gasteiger partial charge in [0.05, 0.1) is 42.7 Å². The second kappa shape index (κ2) is 14.8. The third-order valence-electron chi connectivity index (χ3n) is 7.79.